The molecule has 3 heterocycles. The van der Waals surface area contributed by atoms with Crippen molar-refractivity contribution in [3.63, 3.8) is 0 Å². The molecular formula is C9H6N6O3. The molecule has 0 bridgehead atoms. The van der Waals surface area contributed by atoms with Gasteiger partial charge in [0.15, 0.2) is 11.2 Å². The summed E-state index contributed by atoms with van der Waals surface area (Å²) in [6.45, 7) is 0. The van der Waals surface area contributed by atoms with Gasteiger partial charge in [-0.1, -0.05) is 0 Å². The van der Waals surface area contributed by atoms with Crippen molar-refractivity contribution in [1.29, 1.82) is 0 Å². The molecule has 3 rings (SSSR count). The van der Waals surface area contributed by atoms with Crippen LogP contribution in [0, 0.1) is 0 Å². The van der Waals surface area contributed by atoms with E-state index in [0.29, 0.717) is 0 Å². The maximum absolute atomic E-state index is 11.6. The summed E-state index contributed by atoms with van der Waals surface area (Å²) in [7, 11) is 0. The summed E-state index contributed by atoms with van der Waals surface area (Å²) in [5.74, 6) is 0. The summed E-state index contributed by atoms with van der Waals surface area (Å²) in [4.78, 5) is 46.3. The molecular weight excluding hydrogens is 240 g/mol. The standard InChI is InChI=1S/C9H6N6O3/c16-5-1-2-14(9(18)13-5)15-4-12-6-7(15)10-3-11-8(6)17/h1-4H,(H,10,11,17)(H,13,16,18). The van der Waals surface area contributed by atoms with E-state index < -0.39 is 16.8 Å². The number of aromatic amines is 2. The summed E-state index contributed by atoms with van der Waals surface area (Å²) >= 11 is 0. The predicted molar refractivity (Wildman–Crippen MR) is 60.3 cm³/mol. The Morgan fingerprint density at radius 3 is 2.72 bits per heavy atom. The number of nitrogens with zero attached hydrogens (tertiary/aromatic N) is 4. The van der Waals surface area contributed by atoms with E-state index in [1.54, 1.807) is 0 Å². The van der Waals surface area contributed by atoms with Crippen LogP contribution in [0.15, 0.2) is 39.3 Å². The quantitative estimate of drug-likeness (QED) is 0.529. The van der Waals surface area contributed by atoms with Gasteiger partial charge < -0.3 is 4.98 Å². The van der Waals surface area contributed by atoms with E-state index in [9.17, 15) is 14.4 Å². The van der Waals surface area contributed by atoms with Gasteiger partial charge in [-0.2, -0.15) is 0 Å². The SMILES string of the molecule is O=c1ccn(-n2cnc3c(=O)[nH]cnc32)c(=O)[nH]1. The van der Waals surface area contributed by atoms with E-state index >= 15 is 0 Å². The number of hydrogen-bond acceptors (Lipinski definition) is 5. The van der Waals surface area contributed by atoms with Gasteiger partial charge in [0.1, 0.15) is 6.33 Å². The minimum absolute atomic E-state index is 0.107. The first-order chi connectivity index (χ1) is 8.66. The normalized spacial score (nSPS) is 10.9. The average Bonchev–Trinajstić information content (AvgIpc) is 2.74. The van der Waals surface area contributed by atoms with E-state index in [1.165, 1.54) is 29.6 Å². The summed E-state index contributed by atoms with van der Waals surface area (Å²) in [6.07, 6.45) is 3.75. The van der Waals surface area contributed by atoms with Gasteiger partial charge in [0.25, 0.3) is 11.1 Å². The molecule has 0 amide bonds. The molecule has 0 fully saturated rings. The highest BCUT2D eigenvalue weighted by Gasteiger charge is 2.09. The second kappa shape index (κ2) is 3.52. The van der Waals surface area contributed by atoms with Gasteiger partial charge >= 0.3 is 5.69 Å². The Morgan fingerprint density at radius 1 is 1.11 bits per heavy atom. The molecule has 3 aromatic rings. The zero-order chi connectivity index (χ0) is 12.7. The molecule has 0 aliphatic carbocycles. The summed E-state index contributed by atoms with van der Waals surface area (Å²) in [5.41, 5.74) is -1.24. The minimum Gasteiger partial charge on any atom is -0.311 e. The molecule has 0 unspecified atom stereocenters. The van der Waals surface area contributed by atoms with Gasteiger partial charge in [0.05, 0.1) is 6.33 Å². The lowest BCUT2D eigenvalue weighted by Crippen LogP contribution is -2.32. The van der Waals surface area contributed by atoms with E-state index in [4.69, 9.17) is 0 Å². The highest BCUT2D eigenvalue weighted by molar-refractivity contribution is 5.68. The molecule has 9 nitrogen and oxygen atoms in total. The van der Waals surface area contributed by atoms with Crippen molar-refractivity contribution in [3.8, 4) is 0 Å². The fourth-order valence-electron chi connectivity index (χ4n) is 1.57. The van der Waals surface area contributed by atoms with Gasteiger partial charge in [0.2, 0.25) is 0 Å². The highest BCUT2D eigenvalue weighted by atomic mass is 16.2. The fourth-order valence-corrected chi connectivity index (χ4v) is 1.57. The molecule has 0 radical (unpaired) electrons. The van der Waals surface area contributed by atoms with Crippen LogP contribution in [0.5, 0.6) is 0 Å². The molecule has 0 spiro atoms. The fraction of sp³-hybridized carbons (Fsp3) is 0. The van der Waals surface area contributed by atoms with Crippen LogP contribution in [0.1, 0.15) is 0 Å². The van der Waals surface area contributed by atoms with Crippen LogP contribution < -0.4 is 16.8 Å². The molecule has 3 aromatic heterocycles. The highest BCUT2D eigenvalue weighted by Crippen LogP contribution is 2.02. The van der Waals surface area contributed by atoms with Crippen LogP contribution in [-0.4, -0.2) is 29.3 Å². The molecule has 0 aliphatic rings. The molecule has 0 aromatic carbocycles. The zero-order valence-corrected chi connectivity index (χ0v) is 8.82. The topological polar surface area (TPSA) is 118 Å². The van der Waals surface area contributed by atoms with Crippen molar-refractivity contribution in [2.45, 2.75) is 0 Å². The number of H-pyrrole nitrogens is 2. The second-order valence-corrected chi connectivity index (χ2v) is 3.45. The van der Waals surface area contributed by atoms with Crippen molar-refractivity contribution in [2.75, 3.05) is 0 Å². The molecule has 0 saturated heterocycles. The van der Waals surface area contributed by atoms with E-state index in [1.807, 2.05) is 0 Å². The van der Waals surface area contributed by atoms with E-state index in [-0.39, 0.29) is 11.2 Å². The molecule has 18 heavy (non-hydrogen) atoms. The first kappa shape index (κ1) is 10.2. The summed E-state index contributed by atoms with van der Waals surface area (Å²) in [5, 5.41) is 0. The van der Waals surface area contributed by atoms with Crippen LogP contribution in [0.3, 0.4) is 0 Å². The van der Waals surface area contributed by atoms with Crippen molar-refractivity contribution in [1.82, 2.24) is 29.3 Å². The summed E-state index contributed by atoms with van der Waals surface area (Å²) in [6, 6.07) is 1.18. The first-order valence-electron chi connectivity index (χ1n) is 4.90. The number of imidazole rings is 1. The van der Waals surface area contributed by atoms with Gasteiger partial charge in [-0.05, 0) is 0 Å². The minimum atomic E-state index is -0.649. The van der Waals surface area contributed by atoms with Gasteiger partial charge in [0, 0.05) is 12.3 Å². The third kappa shape index (κ3) is 1.38. The molecule has 90 valence electrons. The van der Waals surface area contributed by atoms with E-state index in [0.717, 1.165) is 4.68 Å². The smallest absolute Gasteiger partial charge is 0.311 e. The van der Waals surface area contributed by atoms with Crippen molar-refractivity contribution in [2.24, 2.45) is 0 Å². The third-order valence-electron chi connectivity index (χ3n) is 2.36. The van der Waals surface area contributed by atoms with Crippen LogP contribution in [-0.2, 0) is 0 Å². The number of nitrogens with one attached hydrogen (secondary N) is 2. The van der Waals surface area contributed by atoms with E-state index in [2.05, 4.69) is 19.9 Å². The molecule has 0 saturated carbocycles. The predicted octanol–water partition coefficient (Wildman–Crippen LogP) is -1.72. The van der Waals surface area contributed by atoms with Crippen molar-refractivity contribution < 1.29 is 0 Å². The van der Waals surface area contributed by atoms with Crippen LogP contribution >= 0.6 is 0 Å². The lowest BCUT2D eigenvalue weighted by Gasteiger charge is -2.04. The maximum atomic E-state index is 11.6. The van der Waals surface area contributed by atoms with Gasteiger partial charge in [-0.25, -0.2) is 24.1 Å². The Kier molecular flexibility index (Phi) is 1.99. The zero-order valence-electron chi connectivity index (χ0n) is 8.82. The number of fused-ring (bicyclic) bond motifs is 1. The lowest BCUT2D eigenvalue weighted by molar-refractivity contribution is 0.619. The monoisotopic (exact) mass is 246 g/mol. The maximum Gasteiger partial charge on any atom is 0.347 e. The Bertz CT molecular complexity index is 899. The Balaban J connectivity index is 2.39. The summed E-state index contributed by atoms with van der Waals surface area (Å²) < 4.78 is 2.35. The molecule has 0 atom stereocenters. The van der Waals surface area contributed by atoms with Crippen LogP contribution in [0.4, 0.5) is 0 Å². The van der Waals surface area contributed by atoms with Crippen LogP contribution in [0.2, 0.25) is 0 Å². The lowest BCUT2D eigenvalue weighted by atomic mass is 10.5. The van der Waals surface area contributed by atoms with Crippen molar-refractivity contribution in [3.05, 3.63) is 56.1 Å². The largest absolute Gasteiger partial charge is 0.347 e. The Hall–Kier alpha value is -2.97. The Labute approximate surface area is 97.4 Å². The second-order valence-electron chi connectivity index (χ2n) is 3.45. The van der Waals surface area contributed by atoms with Gasteiger partial charge in [-0.3, -0.25) is 14.6 Å². The van der Waals surface area contributed by atoms with Crippen molar-refractivity contribution >= 4 is 11.2 Å². The first-order valence-corrected chi connectivity index (χ1v) is 4.90. The average molecular weight is 246 g/mol. The number of aromatic nitrogens is 6. The molecule has 0 aliphatic heterocycles. The Morgan fingerprint density at radius 2 is 1.94 bits per heavy atom. The molecule has 9 heteroatoms. The van der Waals surface area contributed by atoms with Gasteiger partial charge in [-0.15, -0.1) is 0 Å². The number of hydrogen-bond donors (Lipinski definition) is 2. The number of rotatable bonds is 1. The third-order valence-corrected chi connectivity index (χ3v) is 2.36. The molecule has 2 N–H and O–H groups in total. The van der Waals surface area contributed by atoms with Crippen LogP contribution in [0.25, 0.3) is 11.2 Å².